The zero-order valence-corrected chi connectivity index (χ0v) is 17.2. The van der Waals surface area contributed by atoms with Crippen molar-refractivity contribution >= 4 is 22.9 Å². The largest absolute Gasteiger partial charge is 0.497 e. The highest BCUT2D eigenvalue weighted by Gasteiger charge is 2.14. The molecule has 3 aromatic carbocycles. The van der Waals surface area contributed by atoms with Crippen LogP contribution in [0.1, 0.15) is 5.56 Å². The maximum atomic E-state index is 13.4. The molecule has 1 aromatic heterocycles. The Kier molecular flexibility index (Phi) is 6.03. The van der Waals surface area contributed by atoms with Crippen molar-refractivity contribution in [2.24, 2.45) is 5.10 Å². The summed E-state index contributed by atoms with van der Waals surface area (Å²) in [4.78, 5) is 25.3. The summed E-state index contributed by atoms with van der Waals surface area (Å²) in [5, 5.41) is 9.34. The second kappa shape index (κ2) is 9.22. The monoisotopic (exact) mass is 430 g/mol. The molecule has 0 saturated carbocycles. The number of benzene rings is 3. The summed E-state index contributed by atoms with van der Waals surface area (Å²) >= 11 is 0. The van der Waals surface area contributed by atoms with Crippen molar-refractivity contribution < 1.29 is 13.9 Å². The Hall–Kier alpha value is -4.33. The van der Waals surface area contributed by atoms with Gasteiger partial charge >= 0.3 is 0 Å². The summed E-state index contributed by atoms with van der Waals surface area (Å²) in [6.45, 7) is -0.322. The Bertz CT molecular complexity index is 1350. The molecule has 1 N–H and O–H groups in total. The molecule has 8 heteroatoms. The van der Waals surface area contributed by atoms with E-state index in [9.17, 15) is 14.0 Å². The van der Waals surface area contributed by atoms with Crippen molar-refractivity contribution in [1.29, 1.82) is 0 Å². The summed E-state index contributed by atoms with van der Waals surface area (Å²) in [6.07, 6.45) is 1.48. The van der Waals surface area contributed by atoms with Crippen LogP contribution in [0.15, 0.2) is 82.7 Å². The molecule has 1 heterocycles. The van der Waals surface area contributed by atoms with Crippen LogP contribution in [-0.4, -0.2) is 29.0 Å². The first-order chi connectivity index (χ1) is 15.5. The summed E-state index contributed by atoms with van der Waals surface area (Å²) in [7, 11) is 1.58. The van der Waals surface area contributed by atoms with E-state index in [0.717, 1.165) is 10.2 Å². The van der Waals surface area contributed by atoms with Gasteiger partial charge in [0.2, 0.25) is 0 Å². The third-order valence-electron chi connectivity index (χ3n) is 4.80. The Morgan fingerprint density at radius 1 is 1.06 bits per heavy atom. The standard InChI is InChI=1S/C24H19FN4O3/c1-32-19-12-6-16(7-13-19)14-26-27-22(30)15-29-24(31)21-5-3-2-4-20(21)23(28-29)17-8-10-18(25)11-9-17/h2-14H,15H2,1H3,(H,27,30)/b26-14+. The first kappa shape index (κ1) is 20.9. The minimum atomic E-state index is -0.510. The third-order valence-corrected chi connectivity index (χ3v) is 4.80. The Balaban J connectivity index is 1.59. The number of carbonyl (C=O) groups is 1. The lowest BCUT2D eigenvalue weighted by Gasteiger charge is -2.10. The number of carbonyl (C=O) groups excluding carboxylic acids is 1. The van der Waals surface area contributed by atoms with Crippen molar-refractivity contribution in [3.05, 3.63) is 94.5 Å². The van der Waals surface area contributed by atoms with E-state index >= 15 is 0 Å². The molecule has 0 aliphatic rings. The molecule has 7 nitrogen and oxygen atoms in total. The van der Waals surface area contributed by atoms with Crippen LogP contribution in [0.4, 0.5) is 4.39 Å². The normalized spacial score (nSPS) is 11.1. The number of hydrogen-bond acceptors (Lipinski definition) is 5. The van der Waals surface area contributed by atoms with Gasteiger partial charge in [-0.05, 0) is 60.2 Å². The quantitative estimate of drug-likeness (QED) is 0.376. The smallest absolute Gasteiger partial charge is 0.275 e. The van der Waals surface area contributed by atoms with Crippen molar-refractivity contribution in [2.45, 2.75) is 6.54 Å². The molecule has 0 saturated heterocycles. The van der Waals surface area contributed by atoms with Gasteiger partial charge in [-0.1, -0.05) is 18.2 Å². The lowest BCUT2D eigenvalue weighted by Crippen LogP contribution is -2.32. The Labute approximate surface area is 182 Å². The number of hydrazone groups is 1. The minimum absolute atomic E-state index is 0.322. The Morgan fingerprint density at radius 2 is 1.75 bits per heavy atom. The molecule has 0 atom stereocenters. The third kappa shape index (κ3) is 4.54. The van der Waals surface area contributed by atoms with Gasteiger partial charge in [0.1, 0.15) is 18.1 Å². The van der Waals surface area contributed by atoms with Crippen molar-refractivity contribution in [2.75, 3.05) is 7.11 Å². The molecule has 0 spiro atoms. The van der Waals surface area contributed by atoms with E-state index in [4.69, 9.17) is 4.74 Å². The SMILES string of the molecule is COc1ccc(/C=N/NC(=O)Cn2nc(-c3ccc(F)cc3)c3ccccc3c2=O)cc1. The van der Waals surface area contributed by atoms with Gasteiger partial charge in [-0.3, -0.25) is 9.59 Å². The molecule has 0 unspecified atom stereocenters. The van der Waals surface area contributed by atoms with Gasteiger partial charge in [-0.15, -0.1) is 0 Å². The fraction of sp³-hybridized carbons (Fsp3) is 0.0833. The van der Waals surface area contributed by atoms with Gasteiger partial charge in [0.05, 0.1) is 24.4 Å². The molecule has 0 fully saturated rings. The van der Waals surface area contributed by atoms with Crippen LogP contribution in [0.5, 0.6) is 5.75 Å². The number of hydrogen-bond donors (Lipinski definition) is 1. The zero-order chi connectivity index (χ0) is 22.5. The van der Waals surface area contributed by atoms with E-state index in [1.54, 1.807) is 67.8 Å². The topological polar surface area (TPSA) is 85.6 Å². The van der Waals surface area contributed by atoms with E-state index in [2.05, 4.69) is 15.6 Å². The van der Waals surface area contributed by atoms with E-state index in [0.29, 0.717) is 27.8 Å². The number of ether oxygens (including phenoxy) is 1. The van der Waals surface area contributed by atoms with Crippen LogP contribution < -0.4 is 15.7 Å². The highest BCUT2D eigenvalue weighted by atomic mass is 19.1. The van der Waals surface area contributed by atoms with Crippen LogP contribution in [0.2, 0.25) is 0 Å². The number of rotatable bonds is 6. The van der Waals surface area contributed by atoms with Crippen LogP contribution in [0.25, 0.3) is 22.0 Å². The molecule has 160 valence electrons. The number of amides is 1. The maximum Gasteiger partial charge on any atom is 0.275 e. The summed E-state index contributed by atoms with van der Waals surface area (Å²) in [6, 6.07) is 19.9. The van der Waals surface area contributed by atoms with Crippen LogP contribution >= 0.6 is 0 Å². The van der Waals surface area contributed by atoms with Gasteiger partial charge in [-0.25, -0.2) is 14.5 Å². The molecule has 4 rings (SSSR count). The number of nitrogens with zero attached hydrogens (tertiary/aromatic N) is 3. The molecule has 0 radical (unpaired) electrons. The summed E-state index contributed by atoms with van der Waals surface area (Å²) in [5.41, 5.74) is 3.88. The van der Waals surface area contributed by atoms with E-state index in [-0.39, 0.29) is 12.4 Å². The highest BCUT2D eigenvalue weighted by molar-refractivity contribution is 5.94. The van der Waals surface area contributed by atoms with E-state index in [1.165, 1.54) is 18.3 Å². The second-order valence-electron chi connectivity index (χ2n) is 6.93. The van der Waals surface area contributed by atoms with Gasteiger partial charge in [0, 0.05) is 10.9 Å². The lowest BCUT2D eigenvalue weighted by molar-refractivity contribution is -0.121. The number of halogens is 1. The molecular formula is C24H19FN4O3. The second-order valence-corrected chi connectivity index (χ2v) is 6.93. The van der Waals surface area contributed by atoms with Gasteiger partial charge in [0.15, 0.2) is 0 Å². The first-order valence-electron chi connectivity index (χ1n) is 9.77. The number of aromatic nitrogens is 2. The summed E-state index contributed by atoms with van der Waals surface area (Å²) in [5.74, 6) is -0.171. The van der Waals surface area contributed by atoms with Crippen molar-refractivity contribution in [3.8, 4) is 17.0 Å². The predicted octanol–water partition coefficient (Wildman–Crippen LogP) is 3.36. The van der Waals surface area contributed by atoms with Crippen molar-refractivity contribution in [3.63, 3.8) is 0 Å². The molecular weight excluding hydrogens is 411 g/mol. The fourth-order valence-electron chi connectivity index (χ4n) is 3.20. The maximum absolute atomic E-state index is 13.4. The van der Waals surface area contributed by atoms with Crippen LogP contribution in [-0.2, 0) is 11.3 Å². The Morgan fingerprint density at radius 3 is 2.44 bits per heavy atom. The number of nitrogens with one attached hydrogen (secondary N) is 1. The minimum Gasteiger partial charge on any atom is -0.497 e. The number of methoxy groups -OCH3 is 1. The van der Waals surface area contributed by atoms with Crippen LogP contribution in [0, 0.1) is 5.82 Å². The fourth-order valence-corrected chi connectivity index (χ4v) is 3.20. The van der Waals surface area contributed by atoms with Gasteiger partial charge in [-0.2, -0.15) is 10.2 Å². The van der Waals surface area contributed by atoms with Gasteiger partial charge < -0.3 is 4.74 Å². The summed E-state index contributed by atoms with van der Waals surface area (Å²) < 4.78 is 19.5. The zero-order valence-electron chi connectivity index (χ0n) is 17.2. The molecule has 0 aliphatic carbocycles. The molecule has 4 aromatic rings. The number of fused-ring (bicyclic) bond motifs is 1. The van der Waals surface area contributed by atoms with Gasteiger partial charge in [0.25, 0.3) is 11.5 Å². The average molecular weight is 430 g/mol. The molecule has 32 heavy (non-hydrogen) atoms. The molecule has 0 aliphatic heterocycles. The van der Waals surface area contributed by atoms with Crippen LogP contribution in [0.3, 0.4) is 0 Å². The lowest BCUT2D eigenvalue weighted by atomic mass is 10.1. The first-order valence-corrected chi connectivity index (χ1v) is 9.77. The average Bonchev–Trinajstić information content (AvgIpc) is 2.82. The van der Waals surface area contributed by atoms with E-state index in [1.807, 2.05) is 0 Å². The molecule has 0 bridgehead atoms. The predicted molar refractivity (Wildman–Crippen MR) is 120 cm³/mol. The molecule has 1 amide bonds. The van der Waals surface area contributed by atoms with Crippen molar-refractivity contribution in [1.82, 2.24) is 15.2 Å². The van der Waals surface area contributed by atoms with E-state index < -0.39 is 11.5 Å². The highest BCUT2D eigenvalue weighted by Crippen LogP contribution is 2.24.